The molecule has 1 aromatic rings. The van der Waals surface area contributed by atoms with Crippen LogP contribution in [-0.4, -0.2) is 28.2 Å². The number of aliphatic hydroxyl groups is 1. The van der Waals surface area contributed by atoms with Gasteiger partial charge in [-0.25, -0.2) is 9.97 Å². The van der Waals surface area contributed by atoms with Gasteiger partial charge in [0.2, 0.25) is 5.95 Å². The molecule has 0 unspecified atom stereocenters. The molecule has 1 aromatic heterocycles. The van der Waals surface area contributed by atoms with Gasteiger partial charge in [0.05, 0.1) is 6.61 Å². The third kappa shape index (κ3) is 3.16. The Morgan fingerprint density at radius 3 is 2.76 bits per heavy atom. The largest absolute Gasteiger partial charge is 0.396 e. The van der Waals surface area contributed by atoms with E-state index in [9.17, 15) is 5.11 Å². The lowest BCUT2D eigenvalue weighted by Crippen LogP contribution is -2.35. The van der Waals surface area contributed by atoms with E-state index in [2.05, 4.69) is 15.3 Å². The maximum atomic E-state index is 9.59. The second kappa shape index (κ2) is 5.45. The maximum absolute atomic E-state index is 9.59. The zero-order valence-electron chi connectivity index (χ0n) is 10.4. The summed E-state index contributed by atoms with van der Waals surface area (Å²) in [5.41, 5.74) is 0.995. The van der Waals surface area contributed by atoms with E-state index in [4.69, 9.17) is 0 Å². The number of rotatable bonds is 4. The molecule has 0 aliphatic heterocycles. The number of hydrogen-bond acceptors (Lipinski definition) is 4. The molecule has 1 aliphatic rings. The van der Waals surface area contributed by atoms with E-state index in [0.717, 1.165) is 25.1 Å². The van der Waals surface area contributed by atoms with Crippen LogP contribution >= 0.6 is 0 Å². The highest BCUT2D eigenvalue weighted by atomic mass is 16.3. The van der Waals surface area contributed by atoms with Crippen molar-refractivity contribution in [3.05, 3.63) is 18.0 Å². The first-order valence-corrected chi connectivity index (χ1v) is 6.39. The predicted molar refractivity (Wildman–Crippen MR) is 67.9 cm³/mol. The molecule has 0 amide bonds. The third-order valence-electron chi connectivity index (χ3n) is 3.67. The summed E-state index contributed by atoms with van der Waals surface area (Å²) in [6.07, 6.45) is 7.69. The zero-order valence-corrected chi connectivity index (χ0v) is 10.4. The van der Waals surface area contributed by atoms with Gasteiger partial charge in [-0.05, 0) is 25.8 Å². The van der Waals surface area contributed by atoms with Crippen molar-refractivity contribution in [3.63, 3.8) is 0 Å². The summed E-state index contributed by atoms with van der Waals surface area (Å²) in [7, 11) is 0. The van der Waals surface area contributed by atoms with Crippen molar-refractivity contribution in [3.8, 4) is 0 Å². The Kier molecular flexibility index (Phi) is 3.94. The van der Waals surface area contributed by atoms with E-state index in [-0.39, 0.29) is 12.0 Å². The summed E-state index contributed by atoms with van der Waals surface area (Å²) in [6.45, 7) is 2.98. The van der Waals surface area contributed by atoms with E-state index >= 15 is 0 Å². The Morgan fingerprint density at radius 2 is 2.12 bits per heavy atom. The number of aromatic nitrogens is 2. The molecule has 0 atom stereocenters. The maximum Gasteiger partial charge on any atom is 0.222 e. The summed E-state index contributed by atoms with van der Waals surface area (Å²) in [6, 6.07) is 1.88. The van der Waals surface area contributed by atoms with Crippen LogP contribution in [0.4, 0.5) is 5.95 Å². The molecule has 2 rings (SSSR count). The summed E-state index contributed by atoms with van der Waals surface area (Å²) >= 11 is 0. The van der Waals surface area contributed by atoms with Gasteiger partial charge < -0.3 is 10.4 Å². The molecular formula is C13H21N3O. The molecule has 1 aliphatic carbocycles. The van der Waals surface area contributed by atoms with Crippen LogP contribution in [0.5, 0.6) is 0 Å². The molecule has 1 heterocycles. The minimum Gasteiger partial charge on any atom is -0.396 e. The number of nitrogens with zero attached hydrogens (tertiary/aromatic N) is 2. The fourth-order valence-corrected chi connectivity index (χ4v) is 2.49. The smallest absolute Gasteiger partial charge is 0.222 e. The van der Waals surface area contributed by atoms with Crippen LogP contribution in [0.25, 0.3) is 0 Å². The third-order valence-corrected chi connectivity index (χ3v) is 3.67. The van der Waals surface area contributed by atoms with Crippen LogP contribution in [0.2, 0.25) is 0 Å². The number of hydrogen-bond donors (Lipinski definition) is 2. The Labute approximate surface area is 102 Å². The fourth-order valence-electron chi connectivity index (χ4n) is 2.49. The van der Waals surface area contributed by atoms with Gasteiger partial charge in [-0.2, -0.15) is 0 Å². The normalized spacial score (nSPS) is 18.9. The fraction of sp³-hybridized carbons (Fsp3) is 0.692. The Hall–Kier alpha value is -1.16. The molecule has 0 spiro atoms. The quantitative estimate of drug-likeness (QED) is 0.839. The summed E-state index contributed by atoms with van der Waals surface area (Å²) in [5, 5.41) is 12.9. The van der Waals surface area contributed by atoms with Crippen LogP contribution in [0.15, 0.2) is 12.3 Å². The Bertz CT molecular complexity index is 361. The van der Waals surface area contributed by atoms with Crippen LogP contribution in [-0.2, 0) is 0 Å². The first-order valence-electron chi connectivity index (χ1n) is 6.39. The molecule has 0 bridgehead atoms. The average Bonchev–Trinajstić information content (AvgIpc) is 2.38. The zero-order chi connectivity index (χ0) is 12.1. The Balaban J connectivity index is 1.95. The van der Waals surface area contributed by atoms with Gasteiger partial charge in [0.1, 0.15) is 0 Å². The highest BCUT2D eigenvalue weighted by Crippen LogP contribution is 2.35. The summed E-state index contributed by atoms with van der Waals surface area (Å²) < 4.78 is 0. The van der Waals surface area contributed by atoms with Gasteiger partial charge in [0, 0.05) is 23.9 Å². The van der Waals surface area contributed by atoms with Gasteiger partial charge in [-0.3, -0.25) is 0 Å². The highest BCUT2D eigenvalue weighted by molar-refractivity contribution is 5.25. The predicted octanol–water partition coefficient (Wildman–Crippen LogP) is 2.14. The van der Waals surface area contributed by atoms with E-state index in [1.807, 2.05) is 13.0 Å². The summed E-state index contributed by atoms with van der Waals surface area (Å²) in [4.78, 5) is 8.50. The summed E-state index contributed by atoms with van der Waals surface area (Å²) in [5.74, 6) is 0.670. The molecular weight excluding hydrogens is 214 g/mol. The first-order chi connectivity index (χ1) is 8.24. The van der Waals surface area contributed by atoms with Crippen LogP contribution in [0, 0.1) is 12.3 Å². The van der Waals surface area contributed by atoms with Crippen molar-refractivity contribution >= 4 is 5.95 Å². The van der Waals surface area contributed by atoms with Gasteiger partial charge in [-0.15, -0.1) is 0 Å². The van der Waals surface area contributed by atoms with Crippen molar-refractivity contribution < 1.29 is 5.11 Å². The van der Waals surface area contributed by atoms with Crippen molar-refractivity contribution in [1.29, 1.82) is 0 Å². The molecule has 0 saturated heterocycles. The minimum absolute atomic E-state index is 0.0331. The number of aliphatic hydroxyl groups excluding tert-OH is 1. The number of nitrogens with one attached hydrogen (secondary N) is 1. The lowest BCUT2D eigenvalue weighted by atomic mass is 9.74. The van der Waals surface area contributed by atoms with Crippen LogP contribution < -0.4 is 5.32 Å². The van der Waals surface area contributed by atoms with Gasteiger partial charge in [0.25, 0.3) is 0 Å². The van der Waals surface area contributed by atoms with E-state index < -0.39 is 0 Å². The molecule has 1 saturated carbocycles. The van der Waals surface area contributed by atoms with E-state index in [1.54, 1.807) is 6.20 Å². The first kappa shape index (κ1) is 12.3. The standard InChI is InChI=1S/C13H21N3O/c1-11-5-8-14-12(16-11)15-9-13(10-17)6-3-2-4-7-13/h5,8,17H,2-4,6-7,9-10H2,1H3,(H,14,15,16). The highest BCUT2D eigenvalue weighted by Gasteiger charge is 2.31. The van der Waals surface area contributed by atoms with Crippen molar-refractivity contribution in [2.75, 3.05) is 18.5 Å². The van der Waals surface area contributed by atoms with E-state index in [0.29, 0.717) is 5.95 Å². The minimum atomic E-state index is 0.0331. The lowest BCUT2D eigenvalue weighted by Gasteiger charge is -2.35. The van der Waals surface area contributed by atoms with Gasteiger partial charge >= 0.3 is 0 Å². The molecule has 0 aromatic carbocycles. The molecule has 4 nitrogen and oxygen atoms in total. The second-order valence-electron chi connectivity index (χ2n) is 5.09. The molecule has 0 radical (unpaired) electrons. The molecule has 4 heteroatoms. The monoisotopic (exact) mass is 235 g/mol. The topological polar surface area (TPSA) is 58.0 Å². The molecule has 1 fully saturated rings. The van der Waals surface area contributed by atoms with Crippen molar-refractivity contribution in [2.45, 2.75) is 39.0 Å². The van der Waals surface area contributed by atoms with E-state index in [1.165, 1.54) is 19.3 Å². The average molecular weight is 235 g/mol. The molecule has 94 valence electrons. The lowest BCUT2D eigenvalue weighted by molar-refractivity contribution is 0.0942. The number of aryl methyl sites for hydroxylation is 1. The van der Waals surface area contributed by atoms with Crippen molar-refractivity contribution in [1.82, 2.24) is 9.97 Å². The Morgan fingerprint density at radius 1 is 1.35 bits per heavy atom. The second-order valence-corrected chi connectivity index (χ2v) is 5.09. The SMILES string of the molecule is Cc1ccnc(NCC2(CO)CCCCC2)n1. The molecule has 17 heavy (non-hydrogen) atoms. The van der Waals surface area contributed by atoms with Gasteiger partial charge in [0.15, 0.2) is 0 Å². The van der Waals surface area contributed by atoms with Crippen LogP contribution in [0.3, 0.4) is 0 Å². The number of anilines is 1. The van der Waals surface area contributed by atoms with Gasteiger partial charge in [-0.1, -0.05) is 19.3 Å². The molecule has 2 N–H and O–H groups in total. The van der Waals surface area contributed by atoms with Crippen LogP contribution in [0.1, 0.15) is 37.8 Å². The van der Waals surface area contributed by atoms with Crippen molar-refractivity contribution in [2.24, 2.45) is 5.41 Å².